The number of anilines is 2. The molecule has 0 aliphatic carbocycles. The lowest BCUT2D eigenvalue weighted by atomic mass is 10.3. The lowest BCUT2D eigenvalue weighted by Crippen LogP contribution is -2.42. The summed E-state index contributed by atoms with van der Waals surface area (Å²) in [5.41, 5.74) is 0.548. The van der Waals surface area contributed by atoms with E-state index in [0.29, 0.717) is 37.8 Å². The van der Waals surface area contributed by atoms with Gasteiger partial charge in [-0.05, 0) is 12.1 Å². The number of nitrogens with zero attached hydrogens (tertiary/aromatic N) is 4. The Kier molecular flexibility index (Phi) is 5.94. The highest BCUT2D eigenvalue weighted by Crippen LogP contribution is 2.08. The number of aliphatic hydroxyl groups is 1. The van der Waals surface area contributed by atoms with Gasteiger partial charge in [-0.2, -0.15) is 5.10 Å². The standard InChI is InChI=1S/C16H22N6O3/c23-14(11-21-5-7-25-8-6-21)12-22-10-13(9-18-22)19-16(24)20-15-3-1-2-4-17-15/h1-4,9-10,14,23H,5-8,11-12H2,(H2,17,19,20,24)/t14-/m0/s1. The second-order valence-corrected chi connectivity index (χ2v) is 5.81. The molecular weight excluding hydrogens is 324 g/mol. The first-order valence-electron chi connectivity index (χ1n) is 8.19. The van der Waals surface area contributed by atoms with E-state index in [1.807, 2.05) is 0 Å². The van der Waals surface area contributed by atoms with Crippen LogP contribution in [0, 0.1) is 0 Å². The average Bonchev–Trinajstić information content (AvgIpc) is 3.03. The van der Waals surface area contributed by atoms with Gasteiger partial charge in [0.25, 0.3) is 0 Å². The number of rotatable bonds is 6. The third-order valence-electron chi connectivity index (χ3n) is 3.77. The monoisotopic (exact) mass is 346 g/mol. The molecule has 1 aliphatic rings. The molecule has 0 radical (unpaired) electrons. The first-order chi connectivity index (χ1) is 12.2. The van der Waals surface area contributed by atoms with Crippen LogP contribution in [0.15, 0.2) is 36.8 Å². The number of β-amino-alcohol motifs (C(OH)–C–C–N with tert-alkyl or cyclic N) is 1. The van der Waals surface area contributed by atoms with Crippen molar-refractivity contribution in [2.24, 2.45) is 0 Å². The Hall–Kier alpha value is -2.49. The number of urea groups is 1. The van der Waals surface area contributed by atoms with Gasteiger partial charge in [0.1, 0.15) is 5.82 Å². The van der Waals surface area contributed by atoms with Crippen LogP contribution in [0.4, 0.5) is 16.3 Å². The van der Waals surface area contributed by atoms with Gasteiger partial charge < -0.3 is 15.2 Å². The number of pyridine rings is 1. The lowest BCUT2D eigenvalue weighted by Gasteiger charge is -2.28. The van der Waals surface area contributed by atoms with Crippen LogP contribution >= 0.6 is 0 Å². The largest absolute Gasteiger partial charge is 0.390 e. The Morgan fingerprint density at radius 1 is 1.28 bits per heavy atom. The minimum Gasteiger partial charge on any atom is -0.390 e. The van der Waals surface area contributed by atoms with Gasteiger partial charge in [0.2, 0.25) is 0 Å². The van der Waals surface area contributed by atoms with Crippen LogP contribution in [-0.4, -0.2) is 69.8 Å². The third-order valence-corrected chi connectivity index (χ3v) is 3.77. The molecule has 9 heteroatoms. The van der Waals surface area contributed by atoms with Gasteiger partial charge in [0.05, 0.1) is 37.7 Å². The molecule has 1 saturated heterocycles. The van der Waals surface area contributed by atoms with Crippen molar-refractivity contribution in [2.45, 2.75) is 12.6 Å². The number of carbonyl (C=O) groups is 1. The predicted molar refractivity (Wildman–Crippen MR) is 92.4 cm³/mol. The zero-order valence-corrected chi connectivity index (χ0v) is 13.8. The fourth-order valence-electron chi connectivity index (χ4n) is 2.60. The summed E-state index contributed by atoms with van der Waals surface area (Å²) in [6.45, 7) is 4.00. The van der Waals surface area contributed by atoms with Crippen LogP contribution in [0.3, 0.4) is 0 Å². The van der Waals surface area contributed by atoms with Gasteiger partial charge in [0, 0.05) is 32.0 Å². The van der Waals surface area contributed by atoms with Crippen molar-refractivity contribution >= 4 is 17.5 Å². The maximum absolute atomic E-state index is 11.9. The van der Waals surface area contributed by atoms with E-state index < -0.39 is 12.1 Å². The van der Waals surface area contributed by atoms with Crippen LogP contribution in [0.5, 0.6) is 0 Å². The molecule has 25 heavy (non-hydrogen) atoms. The molecule has 0 spiro atoms. The molecule has 3 rings (SSSR count). The van der Waals surface area contributed by atoms with E-state index >= 15 is 0 Å². The van der Waals surface area contributed by atoms with Crippen LogP contribution in [0.25, 0.3) is 0 Å². The first-order valence-corrected chi connectivity index (χ1v) is 8.19. The summed E-state index contributed by atoms with van der Waals surface area (Å²) in [5.74, 6) is 0.466. The molecule has 1 fully saturated rings. The predicted octanol–water partition coefficient (Wildman–Crippen LogP) is 0.615. The highest BCUT2D eigenvalue weighted by atomic mass is 16.5. The summed E-state index contributed by atoms with van der Waals surface area (Å²) in [6.07, 6.45) is 4.29. The highest BCUT2D eigenvalue weighted by Gasteiger charge is 2.15. The molecule has 1 aliphatic heterocycles. The molecule has 9 nitrogen and oxygen atoms in total. The molecule has 0 aromatic carbocycles. The van der Waals surface area contributed by atoms with Crippen LogP contribution < -0.4 is 10.6 Å². The second kappa shape index (κ2) is 8.56. The summed E-state index contributed by atoms with van der Waals surface area (Å²) in [4.78, 5) is 18.1. The molecule has 0 unspecified atom stereocenters. The second-order valence-electron chi connectivity index (χ2n) is 5.81. The number of aliphatic hydroxyl groups excluding tert-OH is 1. The average molecular weight is 346 g/mol. The minimum absolute atomic E-state index is 0.362. The summed E-state index contributed by atoms with van der Waals surface area (Å²) < 4.78 is 6.90. The maximum Gasteiger partial charge on any atom is 0.324 e. The lowest BCUT2D eigenvalue weighted by molar-refractivity contribution is 0.0108. The topological polar surface area (TPSA) is 105 Å². The number of morpholine rings is 1. The Balaban J connectivity index is 1.45. The van der Waals surface area contributed by atoms with Crippen molar-refractivity contribution in [1.82, 2.24) is 19.7 Å². The molecule has 0 bridgehead atoms. The van der Waals surface area contributed by atoms with Crippen molar-refractivity contribution in [3.63, 3.8) is 0 Å². The number of hydrogen-bond acceptors (Lipinski definition) is 6. The molecule has 2 aromatic heterocycles. The number of nitrogens with one attached hydrogen (secondary N) is 2. The SMILES string of the molecule is O=C(Nc1cnn(C[C@@H](O)CN2CCOCC2)c1)Nc1ccccn1. The van der Waals surface area contributed by atoms with Gasteiger partial charge >= 0.3 is 6.03 Å². The van der Waals surface area contributed by atoms with Crippen molar-refractivity contribution < 1.29 is 14.6 Å². The van der Waals surface area contributed by atoms with Crippen molar-refractivity contribution in [3.05, 3.63) is 36.8 Å². The summed E-state index contributed by atoms with van der Waals surface area (Å²) in [6, 6.07) is 4.86. The zero-order chi connectivity index (χ0) is 17.5. The smallest absolute Gasteiger partial charge is 0.324 e. The zero-order valence-electron chi connectivity index (χ0n) is 13.8. The van der Waals surface area contributed by atoms with E-state index in [2.05, 4.69) is 25.6 Å². The molecule has 2 amide bonds. The molecular formula is C16H22N6O3. The first kappa shape index (κ1) is 17.3. The highest BCUT2D eigenvalue weighted by molar-refractivity contribution is 5.98. The summed E-state index contributed by atoms with van der Waals surface area (Å²) >= 11 is 0. The number of carbonyl (C=O) groups excluding carboxylic acids is 1. The fourth-order valence-corrected chi connectivity index (χ4v) is 2.60. The summed E-state index contributed by atoms with van der Waals surface area (Å²) in [7, 11) is 0. The van der Waals surface area contributed by atoms with E-state index in [-0.39, 0.29) is 0 Å². The fraction of sp³-hybridized carbons (Fsp3) is 0.438. The van der Waals surface area contributed by atoms with Crippen LogP contribution in [0.2, 0.25) is 0 Å². The van der Waals surface area contributed by atoms with E-state index in [9.17, 15) is 9.90 Å². The Labute approximate surface area is 145 Å². The van der Waals surface area contributed by atoms with Crippen molar-refractivity contribution in [1.29, 1.82) is 0 Å². The Bertz CT molecular complexity index is 672. The Morgan fingerprint density at radius 2 is 2.12 bits per heavy atom. The molecule has 134 valence electrons. The quantitative estimate of drug-likeness (QED) is 0.708. The van der Waals surface area contributed by atoms with Gasteiger partial charge in [-0.1, -0.05) is 6.07 Å². The molecule has 1 atom stereocenters. The van der Waals surface area contributed by atoms with Gasteiger partial charge in [-0.25, -0.2) is 9.78 Å². The van der Waals surface area contributed by atoms with Gasteiger partial charge in [-0.15, -0.1) is 0 Å². The Morgan fingerprint density at radius 3 is 2.88 bits per heavy atom. The molecule has 2 aromatic rings. The number of ether oxygens (including phenoxy) is 1. The van der Waals surface area contributed by atoms with Crippen LogP contribution in [0.1, 0.15) is 0 Å². The van der Waals surface area contributed by atoms with E-state index in [4.69, 9.17) is 4.74 Å². The van der Waals surface area contributed by atoms with Crippen molar-refractivity contribution in [3.8, 4) is 0 Å². The number of hydrogen-bond donors (Lipinski definition) is 3. The van der Waals surface area contributed by atoms with E-state index in [1.165, 1.54) is 0 Å². The third kappa shape index (κ3) is 5.52. The normalized spacial score (nSPS) is 16.4. The summed E-state index contributed by atoms with van der Waals surface area (Å²) in [5, 5.41) is 19.7. The number of aromatic nitrogens is 3. The molecule has 3 N–H and O–H groups in total. The maximum atomic E-state index is 11.9. The number of amides is 2. The van der Waals surface area contributed by atoms with E-state index in [1.54, 1.807) is 41.5 Å². The molecule has 3 heterocycles. The van der Waals surface area contributed by atoms with Gasteiger partial charge in [0.15, 0.2) is 0 Å². The molecule has 0 saturated carbocycles. The minimum atomic E-state index is -0.534. The van der Waals surface area contributed by atoms with Gasteiger partial charge in [-0.3, -0.25) is 14.9 Å². The van der Waals surface area contributed by atoms with Crippen LogP contribution in [-0.2, 0) is 11.3 Å². The van der Waals surface area contributed by atoms with Crippen molar-refractivity contribution in [2.75, 3.05) is 43.5 Å². The van der Waals surface area contributed by atoms with E-state index in [0.717, 1.165) is 13.1 Å².